The van der Waals surface area contributed by atoms with Crippen molar-refractivity contribution in [2.75, 3.05) is 6.61 Å². The molecule has 2 aromatic heterocycles. The molecule has 0 saturated carbocycles. The van der Waals surface area contributed by atoms with Gasteiger partial charge in [0.05, 0.1) is 0 Å². The first-order valence-electron chi connectivity index (χ1n) is 5.31. The molecular formula is C9H9Cl2N5O. The summed E-state index contributed by atoms with van der Waals surface area (Å²) in [6.45, 7) is 0.721. The van der Waals surface area contributed by atoms with Crippen LogP contribution < -0.4 is 0 Å². The molecule has 1 aliphatic rings. The van der Waals surface area contributed by atoms with Crippen LogP contribution in [0, 0.1) is 0 Å². The van der Waals surface area contributed by atoms with Crippen molar-refractivity contribution in [3.63, 3.8) is 0 Å². The smallest absolute Gasteiger partial charge is 0.225 e. The Hall–Kier alpha value is -0.980. The summed E-state index contributed by atoms with van der Waals surface area (Å²) >= 11 is 11.7. The summed E-state index contributed by atoms with van der Waals surface area (Å²) in [5.41, 5.74) is 0.965. The van der Waals surface area contributed by atoms with Crippen LogP contribution in [0.3, 0.4) is 0 Å². The van der Waals surface area contributed by atoms with Crippen molar-refractivity contribution in [3.05, 3.63) is 10.4 Å². The lowest BCUT2D eigenvalue weighted by Crippen LogP contribution is -2.19. The number of hydrogen-bond donors (Lipinski definition) is 0. The number of fused-ring (bicyclic) bond motifs is 1. The monoisotopic (exact) mass is 273 g/mol. The highest BCUT2D eigenvalue weighted by molar-refractivity contribution is 6.35. The molecule has 8 heteroatoms. The van der Waals surface area contributed by atoms with E-state index in [9.17, 15) is 0 Å². The van der Waals surface area contributed by atoms with E-state index in [0.717, 1.165) is 25.9 Å². The van der Waals surface area contributed by atoms with E-state index in [-0.39, 0.29) is 16.7 Å². The Morgan fingerprint density at radius 3 is 2.88 bits per heavy atom. The van der Waals surface area contributed by atoms with Crippen molar-refractivity contribution in [2.24, 2.45) is 0 Å². The Labute approximate surface area is 107 Å². The maximum Gasteiger partial charge on any atom is 0.225 e. The third-order valence-corrected chi connectivity index (χ3v) is 3.11. The third kappa shape index (κ3) is 1.96. The van der Waals surface area contributed by atoms with Crippen LogP contribution >= 0.6 is 23.2 Å². The molecular weight excluding hydrogens is 265 g/mol. The van der Waals surface area contributed by atoms with E-state index in [4.69, 9.17) is 27.9 Å². The van der Waals surface area contributed by atoms with E-state index in [1.807, 2.05) is 0 Å². The largest absolute Gasteiger partial charge is 0.356 e. The molecule has 0 aromatic carbocycles. The normalized spacial score (nSPS) is 20.9. The van der Waals surface area contributed by atoms with Crippen LogP contribution in [-0.4, -0.2) is 31.6 Å². The van der Waals surface area contributed by atoms with E-state index in [0.29, 0.717) is 11.2 Å². The van der Waals surface area contributed by atoms with E-state index in [1.165, 1.54) is 0 Å². The molecule has 0 bridgehead atoms. The van der Waals surface area contributed by atoms with Gasteiger partial charge < -0.3 is 4.74 Å². The van der Waals surface area contributed by atoms with Crippen molar-refractivity contribution in [1.29, 1.82) is 0 Å². The molecule has 0 N–H and O–H groups in total. The summed E-state index contributed by atoms with van der Waals surface area (Å²) in [7, 11) is 0. The predicted octanol–water partition coefficient (Wildman–Crippen LogP) is 2.23. The summed E-state index contributed by atoms with van der Waals surface area (Å²) in [5, 5.41) is 8.26. The summed E-state index contributed by atoms with van der Waals surface area (Å²) in [4.78, 5) is 7.92. The Balaban J connectivity index is 2.10. The van der Waals surface area contributed by atoms with E-state index < -0.39 is 0 Å². The standard InChI is InChI=1S/C9H9Cl2N5O/c10-7-6-8(13-9(11)12-7)16(15-14-6)5-3-1-2-4-17-5/h5H,1-4H2. The van der Waals surface area contributed by atoms with Gasteiger partial charge in [-0.25, -0.2) is 4.98 Å². The van der Waals surface area contributed by atoms with Crippen LogP contribution in [0.2, 0.25) is 10.4 Å². The summed E-state index contributed by atoms with van der Waals surface area (Å²) < 4.78 is 7.24. The SMILES string of the molecule is Clc1nc(Cl)c2nnn(C3CCCCO3)c2n1. The Bertz CT molecular complexity index is 552. The van der Waals surface area contributed by atoms with Crippen LogP contribution in [0.25, 0.3) is 11.2 Å². The number of nitrogens with zero attached hydrogens (tertiary/aromatic N) is 5. The third-order valence-electron chi connectivity index (χ3n) is 2.68. The van der Waals surface area contributed by atoms with Crippen molar-refractivity contribution < 1.29 is 4.74 Å². The molecule has 3 rings (SSSR count). The molecule has 0 spiro atoms. The van der Waals surface area contributed by atoms with Crippen molar-refractivity contribution >= 4 is 34.4 Å². The zero-order valence-corrected chi connectivity index (χ0v) is 10.3. The second kappa shape index (κ2) is 4.36. The van der Waals surface area contributed by atoms with E-state index >= 15 is 0 Å². The average Bonchev–Trinajstić information content (AvgIpc) is 2.74. The first-order chi connectivity index (χ1) is 8.25. The lowest BCUT2D eigenvalue weighted by atomic mass is 10.2. The predicted molar refractivity (Wildman–Crippen MR) is 62.0 cm³/mol. The van der Waals surface area contributed by atoms with E-state index in [1.54, 1.807) is 4.68 Å². The maximum absolute atomic E-state index is 5.92. The van der Waals surface area contributed by atoms with Crippen molar-refractivity contribution in [2.45, 2.75) is 25.5 Å². The maximum atomic E-state index is 5.92. The molecule has 0 radical (unpaired) electrons. The molecule has 1 atom stereocenters. The van der Waals surface area contributed by atoms with Crippen LogP contribution in [0.1, 0.15) is 25.5 Å². The van der Waals surface area contributed by atoms with Gasteiger partial charge in [0, 0.05) is 6.61 Å². The highest BCUT2D eigenvalue weighted by Gasteiger charge is 2.21. The van der Waals surface area contributed by atoms with Crippen LogP contribution in [0.15, 0.2) is 0 Å². The molecule has 1 aliphatic heterocycles. The molecule has 17 heavy (non-hydrogen) atoms. The lowest BCUT2D eigenvalue weighted by Gasteiger charge is -2.22. The molecule has 1 fully saturated rings. The molecule has 6 nitrogen and oxygen atoms in total. The fraction of sp³-hybridized carbons (Fsp3) is 0.556. The van der Waals surface area contributed by atoms with Gasteiger partial charge in [-0.3, -0.25) is 0 Å². The van der Waals surface area contributed by atoms with Gasteiger partial charge in [-0.2, -0.15) is 9.67 Å². The van der Waals surface area contributed by atoms with E-state index in [2.05, 4.69) is 20.3 Å². The van der Waals surface area contributed by atoms with Crippen LogP contribution in [0.4, 0.5) is 0 Å². The zero-order valence-electron chi connectivity index (χ0n) is 8.81. The van der Waals surface area contributed by atoms with Gasteiger partial charge in [-0.1, -0.05) is 16.8 Å². The molecule has 2 aromatic rings. The Morgan fingerprint density at radius 2 is 2.12 bits per heavy atom. The highest BCUT2D eigenvalue weighted by atomic mass is 35.5. The zero-order chi connectivity index (χ0) is 11.8. The molecule has 90 valence electrons. The van der Waals surface area contributed by atoms with Gasteiger partial charge in [0.2, 0.25) is 5.28 Å². The van der Waals surface area contributed by atoms with Gasteiger partial charge >= 0.3 is 0 Å². The van der Waals surface area contributed by atoms with Crippen molar-refractivity contribution in [1.82, 2.24) is 25.0 Å². The van der Waals surface area contributed by atoms with Crippen LogP contribution in [0.5, 0.6) is 0 Å². The van der Waals surface area contributed by atoms with Gasteiger partial charge in [0.25, 0.3) is 0 Å². The van der Waals surface area contributed by atoms with Crippen molar-refractivity contribution in [3.8, 4) is 0 Å². The number of aromatic nitrogens is 5. The second-order valence-corrected chi connectivity index (χ2v) is 4.51. The summed E-state index contributed by atoms with van der Waals surface area (Å²) in [5.74, 6) is 0. The minimum atomic E-state index is -0.143. The number of rotatable bonds is 1. The Kier molecular flexibility index (Phi) is 2.85. The number of hydrogen-bond acceptors (Lipinski definition) is 5. The van der Waals surface area contributed by atoms with Crippen LogP contribution in [-0.2, 0) is 4.74 Å². The fourth-order valence-electron chi connectivity index (χ4n) is 1.88. The second-order valence-electron chi connectivity index (χ2n) is 3.81. The molecule has 1 unspecified atom stereocenters. The fourth-order valence-corrected chi connectivity index (χ4v) is 2.29. The van der Waals surface area contributed by atoms with Gasteiger partial charge in [-0.15, -0.1) is 5.10 Å². The topological polar surface area (TPSA) is 65.7 Å². The molecule has 3 heterocycles. The van der Waals surface area contributed by atoms with Gasteiger partial charge in [0.15, 0.2) is 22.5 Å². The quantitative estimate of drug-likeness (QED) is 0.589. The number of ether oxygens (including phenoxy) is 1. The van der Waals surface area contributed by atoms with Gasteiger partial charge in [0.1, 0.15) is 0 Å². The average molecular weight is 274 g/mol. The Morgan fingerprint density at radius 1 is 1.24 bits per heavy atom. The molecule has 0 aliphatic carbocycles. The molecule has 1 saturated heterocycles. The first kappa shape index (κ1) is 11.1. The van der Waals surface area contributed by atoms with Gasteiger partial charge in [-0.05, 0) is 30.9 Å². The summed E-state index contributed by atoms with van der Waals surface area (Å²) in [6, 6.07) is 0. The minimum Gasteiger partial charge on any atom is -0.356 e. The number of halogens is 2. The molecule has 0 amide bonds. The minimum absolute atomic E-state index is 0.0851. The summed E-state index contributed by atoms with van der Waals surface area (Å²) in [6.07, 6.45) is 2.91. The highest BCUT2D eigenvalue weighted by Crippen LogP contribution is 2.26. The lowest BCUT2D eigenvalue weighted by molar-refractivity contribution is -0.0380. The first-order valence-corrected chi connectivity index (χ1v) is 6.07.